The van der Waals surface area contributed by atoms with Crippen molar-refractivity contribution in [3.63, 3.8) is 0 Å². The lowest BCUT2D eigenvalue weighted by atomic mass is 9.86. The van der Waals surface area contributed by atoms with Gasteiger partial charge in [-0.05, 0) is 36.1 Å². The molecule has 80 valence electrons. The molecule has 3 heteroatoms. The number of oxazole rings is 1. The van der Waals surface area contributed by atoms with Crippen LogP contribution in [0, 0.1) is 5.41 Å². The van der Waals surface area contributed by atoms with Gasteiger partial charge in [0.15, 0.2) is 12.0 Å². The Balaban J connectivity index is 2.28. The van der Waals surface area contributed by atoms with E-state index in [-0.39, 0.29) is 5.41 Å². The van der Waals surface area contributed by atoms with Gasteiger partial charge < -0.3 is 10.2 Å². The van der Waals surface area contributed by atoms with Gasteiger partial charge >= 0.3 is 0 Å². The number of nitrogens with zero attached hydrogens (tertiary/aromatic N) is 1. The summed E-state index contributed by atoms with van der Waals surface area (Å²) in [6, 6.07) is 6.11. The lowest BCUT2D eigenvalue weighted by Gasteiger charge is -2.22. The van der Waals surface area contributed by atoms with Crippen molar-refractivity contribution in [2.24, 2.45) is 11.1 Å². The average Bonchev–Trinajstić information content (AvgIpc) is 2.64. The van der Waals surface area contributed by atoms with E-state index >= 15 is 0 Å². The van der Waals surface area contributed by atoms with Crippen LogP contribution in [-0.2, 0) is 6.42 Å². The largest absolute Gasteiger partial charge is 0.443 e. The van der Waals surface area contributed by atoms with Crippen molar-refractivity contribution in [3.05, 3.63) is 30.2 Å². The fourth-order valence-electron chi connectivity index (χ4n) is 1.63. The molecular formula is C12H16N2O. The molecule has 0 radical (unpaired) electrons. The predicted molar refractivity (Wildman–Crippen MR) is 60.5 cm³/mol. The van der Waals surface area contributed by atoms with Gasteiger partial charge in [-0.1, -0.05) is 19.9 Å². The van der Waals surface area contributed by atoms with Crippen LogP contribution in [0.15, 0.2) is 29.0 Å². The predicted octanol–water partition coefficient (Wildman–Crippen LogP) is 2.36. The van der Waals surface area contributed by atoms with Gasteiger partial charge in [0.05, 0.1) is 0 Å². The molecule has 1 aromatic heterocycles. The van der Waals surface area contributed by atoms with Crippen molar-refractivity contribution in [2.75, 3.05) is 6.54 Å². The molecule has 3 nitrogen and oxygen atoms in total. The maximum Gasteiger partial charge on any atom is 0.181 e. The Morgan fingerprint density at radius 3 is 2.93 bits per heavy atom. The van der Waals surface area contributed by atoms with Crippen LogP contribution < -0.4 is 5.73 Å². The van der Waals surface area contributed by atoms with E-state index in [2.05, 4.69) is 24.9 Å². The Hall–Kier alpha value is -1.35. The smallest absolute Gasteiger partial charge is 0.181 e. The SMILES string of the molecule is CC(C)(CN)Cc1ccc2ncoc2c1. The Morgan fingerprint density at radius 2 is 2.20 bits per heavy atom. The standard InChI is InChI=1S/C12H16N2O/c1-12(2,7-13)6-9-3-4-10-11(5-9)15-8-14-10/h3-5,8H,6-7,13H2,1-2H3. The molecule has 0 aliphatic rings. The number of rotatable bonds is 3. The molecule has 0 saturated heterocycles. The van der Waals surface area contributed by atoms with Gasteiger partial charge in [-0.25, -0.2) is 4.98 Å². The highest BCUT2D eigenvalue weighted by atomic mass is 16.3. The first kappa shape index (κ1) is 10.2. The fourth-order valence-corrected chi connectivity index (χ4v) is 1.63. The molecule has 0 amide bonds. The van der Waals surface area contributed by atoms with Crippen molar-refractivity contribution < 1.29 is 4.42 Å². The van der Waals surface area contributed by atoms with E-state index in [4.69, 9.17) is 10.2 Å². The molecule has 0 atom stereocenters. The minimum atomic E-state index is 0.133. The zero-order chi connectivity index (χ0) is 10.9. The minimum Gasteiger partial charge on any atom is -0.443 e. The second kappa shape index (κ2) is 3.66. The number of aromatic nitrogens is 1. The molecule has 0 spiro atoms. The lowest BCUT2D eigenvalue weighted by molar-refractivity contribution is 0.377. The van der Waals surface area contributed by atoms with Crippen LogP contribution >= 0.6 is 0 Å². The first-order chi connectivity index (χ1) is 7.11. The maximum atomic E-state index is 5.71. The summed E-state index contributed by atoms with van der Waals surface area (Å²) in [6.45, 7) is 5.01. The molecular weight excluding hydrogens is 188 g/mol. The molecule has 0 aliphatic carbocycles. The van der Waals surface area contributed by atoms with Crippen LogP contribution in [-0.4, -0.2) is 11.5 Å². The highest BCUT2D eigenvalue weighted by Crippen LogP contribution is 2.22. The maximum absolute atomic E-state index is 5.71. The van der Waals surface area contributed by atoms with E-state index in [0.717, 1.165) is 17.5 Å². The summed E-state index contributed by atoms with van der Waals surface area (Å²) in [7, 11) is 0. The van der Waals surface area contributed by atoms with Gasteiger partial charge in [-0.3, -0.25) is 0 Å². The Labute approximate surface area is 89.3 Å². The molecule has 0 aliphatic heterocycles. The van der Waals surface area contributed by atoms with Gasteiger partial charge in [0.2, 0.25) is 0 Å². The summed E-state index contributed by atoms with van der Waals surface area (Å²) in [5, 5.41) is 0. The van der Waals surface area contributed by atoms with E-state index in [1.54, 1.807) is 0 Å². The normalized spacial score (nSPS) is 12.2. The van der Waals surface area contributed by atoms with Crippen LogP contribution in [0.5, 0.6) is 0 Å². The molecule has 1 aromatic carbocycles. The first-order valence-corrected chi connectivity index (χ1v) is 5.13. The van der Waals surface area contributed by atoms with Gasteiger partial charge in [-0.2, -0.15) is 0 Å². The summed E-state index contributed by atoms with van der Waals surface area (Å²) in [5.41, 5.74) is 8.84. The van der Waals surface area contributed by atoms with Crippen LogP contribution in [0.3, 0.4) is 0 Å². The van der Waals surface area contributed by atoms with Crippen molar-refractivity contribution in [3.8, 4) is 0 Å². The van der Waals surface area contributed by atoms with E-state index in [9.17, 15) is 0 Å². The van der Waals surface area contributed by atoms with Crippen LogP contribution in [0.2, 0.25) is 0 Å². The third-order valence-corrected chi connectivity index (χ3v) is 2.63. The molecule has 0 bridgehead atoms. The van der Waals surface area contributed by atoms with Crippen molar-refractivity contribution in [1.29, 1.82) is 0 Å². The minimum absolute atomic E-state index is 0.133. The average molecular weight is 204 g/mol. The molecule has 0 unspecified atom stereocenters. The summed E-state index contributed by atoms with van der Waals surface area (Å²) < 4.78 is 5.26. The molecule has 1 heterocycles. The van der Waals surface area contributed by atoms with Crippen molar-refractivity contribution in [2.45, 2.75) is 20.3 Å². The van der Waals surface area contributed by atoms with Gasteiger partial charge in [-0.15, -0.1) is 0 Å². The number of hydrogen-bond donors (Lipinski definition) is 1. The summed E-state index contributed by atoms with van der Waals surface area (Å²) in [6.07, 6.45) is 2.43. The van der Waals surface area contributed by atoms with Crippen molar-refractivity contribution in [1.82, 2.24) is 4.98 Å². The van der Waals surface area contributed by atoms with E-state index < -0.39 is 0 Å². The highest BCUT2D eigenvalue weighted by molar-refractivity contribution is 5.72. The first-order valence-electron chi connectivity index (χ1n) is 5.13. The monoisotopic (exact) mass is 204 g/mol. The summed E-state index contributed by atoms with van der Waals surface area (Å²) in [4.78, 5) is 4.09. The molecule has 2 aromatic rings. The summed E-state index contributed by atoms with van der Waals surface area (Å²) in [5.74, 6) is 0. The highest BCUT2D eigenvalue weighted by Gasteiger charge is 2.16. The zero-order valence-electron chi connectivity index (χ0n) is 9.16. The Bertz CT molecular complexity index is 459. The van der Waals surface area contributed by atoms with Crippen LogP contribution in [0.25, 0.3) is 11.1 Å². The van der Waals surface area contributed by atoms with E-state index in [0.29, 0.717) is 6.54 Å². The number of hydrogen-bond acceptors (Lipinski definition) is 3. The fraction of sp³-hybridized carbons (Fsp3) is 0.417. The second-order valence-electron chi connectivity index (χ2n) is 4.70. The lowest BCUT2D eigenvalue weighted by Crippen LogP contribution is -2.25. The zero-order valence-corrected chi connectivity index (χ0v) is 9.16. The molecule has 0 fully saturated rings. The number of benzene rings is 1. The van der Waals surface area contributed by atoms with Gasteiger partial charge in [0.1, 0.15) is 5.52 Å². The second-order valence-corrected chi connectivity index (χ2v) is 4.70. The quantitative estimate of drug-likeness (QED) is 0.835. The van der Waals surface area contributed by atoms with Gasteiger partial charge in [0, 0.05) is 0 Å². The van der Waals surface area contributed by atoms with Gasteiger partial charge in [0.25, 0.3) is 0 Å². The Morgan fingerprint density at radius 1 is 1.40 bits per heavy atom. The molecule has 2 rings (SSSR count). The summed E-state index contributed by atoms with van der Waals surface area (Å²) >= 11 is 0. The third-order valence-electron chi connectivity index (χ3n) is 2.63. The molecule has 15 heavy (non-hydrogen) atoms. The number of fused-ring (bicyclic) bond motifs is 1. The Kier molecular flexibility index (Phi) is 2.49. The van der Waals surface area contributed by atoms with Crippen molar-refractivity contribution >= 4 is 11.1 Å². The molecule has 0 saturated carbocycles. The van der Waals surface area contributed by atoms with E-state index in [1.807, 2.05) is 12.1 Å². The topological polar surface area (TPSA) is 52.0 Å². The third kappa shape index (κ3) is 2.18. The molecule has 2 N–H and O–H groups in total. The van der Waals surface area contributed by atoms with Crippen LogP contribution in [0.1, 0.15) is 19.4 Å². The van der Waals surface area contributed by atoms with E-state index in [1.165, 1.54) is 12.0 Å². The number of nitrogens with two attached hydrogens (primary N) is 1. The van der Waals surface area contributed by atoms with Crippen LogP contribution in [0.4, 0.5) is 0 Å².